The van der Waals surface area contributed by atoms with Gasteiger partial charge in [0.05, 0.1) is 26.9 Å². The lowest BCUT2D eigenvalue weighted by atomic mass is 9.89. The van der Waals surface area contributed by atoms with Crippen LogP contribution in [0, 0.1) is 0 Å². The van der Waals surface area contributed by atoms with Crippen LogP contribution < -0.4 is 14.8 Å². The second-order valence-corrected chi connectivity index (χ2v) is 7.14. The molecule has 1 aliphatic heterocycles. The summed E-state index contributed by atoms with van der Waals surface area (Å²) in [5.41, 5.74) is 0.878. The third kappa shape index (κ3) is 3.65. The molecule has 0 bridgehead atoms. The highest BCUT2D eigenvalue weighted by Gasteiger charge is 2.39. The number of anilines is 1. The van der Waals surface area contributed by atoms with Gasteiger partial charge in [0, 0.05) is 22.2 Å². The Morgan fingerprint density at radius 3 is 2.47 bits per heavy atom. The molecular weight excluding hydrogens is 438 g/mol. The number of esters is 1. The number of aromatic nitrogens is 4. The average Bonchev–Trinajstić information content (AvgIpc) is 3.30. The van der Waals surface area contributed by atoms with Gasteiger partial charge in [-0.25, -0.2) is 4.79 Å². The number of fused-ring (bicyclic) bond motifs is 1. The van der Waals surface area contributed by atoms with E-state index in [1.54, 1.807) is 42.5 Å². The molecule has 2 aromatic carbocycles. The summed E-state index contributed by atoms with van der Waals surface area (Å²) in [5.74, 6) is -0.0314. The third-order valence-electron chi connectivity index (χ3n) is 4.99. The number of nitrogens with one attached hydrogen (secondary N) is 1. The van der Waals surface area contributed by atoms with E-state index in [2.05, 4.69) is 20.8 Å². The molecule has 1 aromatic heterocycles. The molecule has 0 spiro atoms. The smallest absolute Gasteiger partial charge is 0.355 e. The molecule has 10 nitrogen and oxygen atoms in total. The van der Waals surface area contributed by atoms with E-state index in [0.29, 0.717) is 27.6 Å². The fourth-order valence-electron chi connectivity index (χ4n) is 3.48. The van der Waals surface area contributed by atoms with Gasteiger partial charge in [-0.05, 0) is 46.8 Å². The number of carbonyl (C=O) groups excluding carboxylic acids is 2. The molecule has 1 atom stereocenters. The zero-order valence-electron chi connectivity index (χ0n) is 17.3. The van der Waals surface area contributed by atoms with Gasteiger partial charge in [-0.3, -0.25) is 4.79 Å². The van der Waals surface area contributed by atoms with Crippen molar-refractivity contribution in [3.63, 3.8) is 0 Å². The average molecular weight is 456 g/mol. The summed E-state index contributed by atoms with van der Waals surface area (Å²) in [5, 5.41) is 14.9. The molecule has 32 heavy (non-hydrogen) atoms. The normalized spacial score (nSPS) is 14.9. The molecule has 0 aliphatic carbocycles. The summed E-state index contributed by atoms with van der Waals surface area (Å²) in [6.07, 6.45) is 0. The van der Waals surface area contributed by atoms with Crippen molar-refractivity contribution in [1.29, 1.82) is 0 Å². The van der Waals surface area contributed by atoms with Crippen LogP contribution in [0.15, 0.2) is 53.7 Å². The molecular formula is C21H18ClN5O5. The van der Waals surface area contributed by atoms with Crippen molar-refractivity contribution < 1.29 is 23.8 Å². The van der Waals surface area contributed by atoms with Crippen molar-refractivity contribution in [2.45, 2.75) is 6.04 Å². The van der Waals surface area contributed by atoms with E-state index in [0.717, 1.165) is 0 Å². The minimum Gasteiger partial charge on any atom is -0.497 e. The van der Waals surface area contributed by atoms with Crippen molar-refractivity contribution in [3.8, 4) is 11.5 Å². The minimum atomic E-state index is -0.889. The Morgan fingerprint density at radius 1 is 1.06 bits per heavy atom. The summed E-state index contributed by atoms with van der Waals surface area (Å²) >= 11 is 5.98. The topological polar surface area (TPSA) is 117 Å². The Hall–Kier alpha value is -3.92. The first-order chi connectivity index (χ1) is 15.5. The van der Waals surface area contributed by atoms with E-state index >= 15 is 0 Å². The Morgan fingerprint density at radius 2 is 1.81 bits per heavy atom. The lowest BCUT2D eigenvalue weighted by Gasteiger charge is -2.29. The maximum atomic E-state index is 13.7. The van der Waals surface area contributed by atoms with Gasteiger partial charge in [-0.15, -0.1) is 0 Å². The fraction of sp³-hybridized carbons (Fsp3) is 0.190. The second kappa shape index (κ2) is 8.67. The molecule has 1 aliphatic rings. The first kappa shape index (κ1) is 21.3. The number of Topliss-reactive ketones (excluding diaryl/α,β-unsaturated/α-hetero) is 1. The zero-order chi connectivity index (χ0) is 22.8. The van der Waals surface area contributed by atoms with Crippen LogP contribution in [0.1, 0.15) is 22.0 Å². The van der Waals surface area contributed by atoms with E-state index in [4.69, 9.17) is 25.8 Å². The van der Waals surface area contributed by atoms with Gasteiger partial charge in [-0.2, -0.15) is 4.68 Å². The predicted molar refractivity (Wildman–Crippen MR) is 114 cm³/mol. The van der Waals surface area contributed by atoms with Gasteiger partial charge in [-0.1, -0.05) is 16.7 Å². The molecule has 2 heterocycles. The number of benzene rings is 2. The van der Waals surface area contributed by atoms with Gasteiger partial charge in [0.1, 0.15) is 23.2 Å². The van der Waals surface area contributed by atoms with Crippen LogP contribution in [0.25, 0.3) is 0 Å². The number of ketones is 1. The molecule has 0 radical (unpaired) electrons. The molecule has 11 heteroatoms. The summed E-state index contributed by atoms with van der Waals surface area (Å²) in [7, 11) is 4.25. The monoisotopic (exact) mass is 455 g/mol. The van der Waals surface area contributed by atoms with Crippen molar-refractivity contribution in [3.05, 3.63) is 69.9 Å². The Balaban J connectivity index is 1.98. The quantitative estimate of drug-likeness (QED) is 0.442. The van der Waals surface area contributed by atoms with E-state index in [-0.39, 0.29) is 17.2 Å². The second-order valence-electron chi connectivity index (χ2n) is 6.70. The molecule has 4 rings (SSSR count). The van der Waals surface area contributed by atoms with Gasteiger partial charge in [0.15, 0.2) is 5.78 Å². The number of ether oxygens (including phenoxy) is 3. The van der Waals surface area contributed by atoms with Crippen LogP contribution >= 0.6 is 11.6 Å². The highest BCUT2D eigenvalue weighted by Crippen LogP contribution is 2.41. The zero-order valence-corrected chi connectivity index (χ0v) is 18.1. The Bertz CT molecular complexity index is 1220. The summed E-state index contributed by atoms with van der Waals surface area (Å²) in [6.45, 7) is 0. The van der Waals surface area contributed by atoms with Gasteiger partial charge < -0.3 is 19.5 Å². The molecule has 1 N–H and O–H groups in total. The number of nitrogens with zero attached hydrogens (tertiary/aromatic N) is 4. The summed E-state index contributed by atoms with van der Waals surface area (Å²) < 4.78 is 17.2. The van der Waals surface area contributed by atoms with Crippen LogP contribution in [0.2, 0.25) is 5.02 Å². The number of tetrazole rings is 1. The fourth-order valence-corrected chi connectivity index (χ4v) is 3.60. The van der Waals surface area contributed by atoms with Crippen LogP contribution in [-0.2, 0) is 9.53 Å². The van der Waals surface area contributed by atoms with Crippen molar-refractivity contribution >= 4 is 29.3 Å². The number of hydrogen-bond acceptors (Lipinski definition) is 9. The number of halogens is 1. The number of allylic oxidation sites excluding steroid dienone is 1. The lowest BCUT2D eigenvalue weighted by Crippen LogP contribution is -2.33. The van der Waals surface area contributed by atoms with Crippen LogP contribution in [0.3, 0.4) is 0 Å². The van der Waals surface area contributed by atoms with Gasteiger partial charge >= 0.3 is 5.97 Å². The first-order valence-electron chi connectivity index (χ1n) is 9.38. The van der Waals surface area contributed by atoms with Crippen LogP contribution in [0.5, 0.6) is 11.5 Å². The summed E-state index contributed by atoms with van der Waals surface area (Å²) in [4.78, 5) is 26.4. The highest BCUT2D eigenvalue weighted by molar-refractivity contribution is 6.30. The maximum Gasteiger partial charge on any atom is 0.355 e. The van der Waals surface area contributed by atoms with E-state index in [9.17, 15) is 9.59 Å². The maximum absolute atomic E-state index is 13.7. The standard InChI is InChI=1S/C21H18ClN5O5/c1-30-13-8-9-14(15(10-13)31-2)18-16(19(28)11-4-6-12(22)7-5-11)17(20(29)32-3)23-21-24-25-26-27(18)21/h4-10,18H,1-3H3,(H,23,24,26)/t18-/m1/s1. The van der Waals surface area contributed by atoms with E-state index in [1.807, 2.05) is 0 Å². The van der Waals surface area contributed by atoms with Crippen LogP contribution in [-0.4, -0.2) is 53.3 Å². The Labute approximate surface area is 187 Å². The number of rotatable bonds is 6. The van der Waals surface area contributed by atoms with E-state index < -0.39 is 17.8 Å². The lowest BCUT2D eigenvalue weighted by molar-refractivity contribution is -0.136. The molecule has 0 amide bonds. The van der Waals surface area contributed by atoms with Crippen molar-refractivity contribution in [2.75, 3.05) is 26.6 Å². The molecule has 0 unspecified atom stereocenters. The SMILES string of the molecule is COC(=O)C1=C(C(=O)c2ccc(Cl)cc2)[C@@H](c2ccc(OC)cc2OC)n2nnnc2N1. The molecule has 164 valence electrons. The highest BCUT2D eigenvalue weighted by atomic mass is 35.5. The Kier molecular flexibility index (Phi) is 5.78. The molecule has 3 aromatic rings. The van der Waals surface area contributed by atoms with E-state index in [1.165, 1.54) is 26.0 Å². The molecule has 0 saturated heterocycles. The third-order valence-corrected chi connectivity index (χ3v) is 5.24. The number of carbonyl (C=O) groups is 2. The van der Waals surface area contributed by atoms with Gasteiger partial charge in [0.2, 0.25) is 5.95 Å². The van der Waals surface area contributed by atoms with Crippen LogP contribution in [0.4, 0.5) is 5.95 Å². The minimum absolute atomic E-state index is 0.0716. The van der Waals surface area contributed by atoms with Gasteiger partial charge in [0.25, 0.3) is 0 Å². The number of methoxy groups -OCH3 is 3. The molecule has 0 fully saturated rings. The van der Waals surface area contributed by atoms with Crippen molar-refractivity contribution in [2.24, 2.45) is 0 Å². The van der Waals surface area contributed by atoms with Crippen molar-refractivity contribution in [1.82, 2.24) is 20.2 Å². The molecule has 0 saturated carbocycles. The summed E-state index contributed by atoms with van der Waals surface area (Å²) in [6, 6.07) is 10.6. The largest absolute Gasteiger partial charge is 0.497 e. The number of hydrogen-bond donors (Lipinski definition) is 1. The first-order valence-corrected chi connectivity index (χ1v) is 9.75. The predicted octanol–water partition coefficient (Wildman–Crippen LogP) is 2.67.